The third kappa shape index (κ3) is 4.38. The molecule has 0 radical (unpaired) electrons. The molecule has 46 heavy (non-hydrogen) atoms. The van der Waals surface area contributed by atoms with Crippen molar-refractivity contribution < 1.29 is 0 Å². The Morgan fingerprint density at radius 2 is 0.696 bits per heavy atom. The van der Waals surface area contributed by atoms with Gasteiger partial charge in [0.1, 0.15) is 0 Å². The predicted octanol–water partition coefficient (Wildman–Crippen LogP) is 13.0. The van der Waals surface area contributed by atoms with E-state index in [1.165, 1.54) is 87.6 Å². The van der Waals surface area contributed by atoms with E-state index in [0.717, 1.165) is 0 Å². The van der Waals surface area contributed by atoms with E-state index < -0.39 is 0 Å². The van der Waals surface area contributed by atoms with E-state index in [0.29, 0.717) is 0 Å². The second-order valence-corrected chi connectivity index (χ2v) is 12.1. The fourth-order valence-corrected chi connectivity index (χ4v) is 7.24. The summed E-state index contributed by atoms with van der Waals surface area (Å²) in [7, 11) is 0. The Morgan fingerprint density at radius 1 is 0.217 bits per heavy atom. The highest BCUT2D eigenvalue weighted by atomic mass is 14.2. The molecule has 0 N–H and O–H groups in total. The summed E-state index contributed by atoms with van der Waals surface area (Å²) < 4.78 is 0. The van der Waals surface area contributed by atoms with Crippen LogP contribution in [0.1, 0.15) is 0 Å². The van der Waals surface area contributed by atoms with Crippen molar-refractivity contribution in [3.63, 3.8) is 0 Å². The van der Waals surface area contributed by atoms with Crippen LogP contribution in [0.15, 0.2) is 182 Å². The average molecular weight is 583 g/mol. The molecule has 9 aromatic rings. The van der Waals surface area contributed by atoms with Crippen molar-refractivity contribution in [2.24, 2.45) is 0 Å². The lowest BCUT2D eigenvalue weighted by Crippen LogP contribution is -1.93. The van der Waals surface area contributed by atoms with Gasteiger partial charge in [-0.15, -0.1) is 0 Å². The van der Waals surface area contributed by atoms with Gasteiger partial charge < -0.3 is 0 Å². The van der Waals surface area contributed by atoms with Crippen molar-refractivity contribution in [1.29, 1.82) is 0 Å². The van der Waals surface area contributed by atoms with Crippen LogP contribution in [0.2, 0.25) is 0 Å². The molecule has 0 aromatic heterocycles. The Morgan fingerprint density at radius 3 is 1.41 bits per heavy atom. The van der Waals surface area contributed by atoms with Gasteiger partial charge >= 0.3 is 0 Å². The molecule has 9 aromatic carbocycles. The van der Waals surface area contributed by atoms with Gasteiger partial charge in [-0.1, -0.05) is 164 Å². The second-order valence-electron chi connectivity index (χ2n) is 12.1. The van der Waals surface area contributed by atoms with E-state index in [1.54, 1.807) is 0 Å². The topological polar surface area (TPSA) is 0 Å². The van der Waals surface area contributed by atoms with Gasteiger partial charge in [0.2, 0.25) is 0 Å². The minimum atomic E-state index is 1.22. The van der Waals surface area contributed by atoms with Crippen molar-refractivity contribution >= 4 is 43.1 Å². The van der Waals surface area contributed by atoms with E-state index in [4.69, 9.17) is 0 Å². The first-order chi connectivity index (χ1) is 22.8. The lowest BCUT2D eigenvalue weighted by Gasteiger charge is -2.20. The highest BCUT2D eigenvalue weighted by Crippen LogP contribution is 2.47. The van der Waals surface area contributed by atoms with Crippen LogP contribution in [0, 0.1) is 0 Å². The van der Waals surface area contributed by atoms with Crippen LogP contribution in [0.4, 0.5) is 0 Å². The van der Waals surface area contributed by atoms with Gasteiger partial charge in [0.25, 0.3) is 0 Å². The van der Waals surface area contributed by atoms with Crippen molar-refractivity contribution in [2.75, 3.05) is 0 Å². The molecule has 0 heteroatoms. The molecular formula is C46H30. The van der Waals surface area contributed by atoms with Crippen LogP contribution >= 0.6 is 0 Å². The number of hydrogen-bond acceptors (Lipinski definition) is 0. The largest absolute Gasteiger partial charge is 0.0622 e. The number of benzene rings is 9. The number of fused-ring (bicyclic) bond motifs is 4. The standard InChI is InChI=1S/C46H30/c1-2-14-33(15-3-1)39-18-8-9-19-40(39)46-42-21-11-10-20-41(42)45(38-25-23-32-13-5-7-17-35(32)29-38)43-27-26-37(30-44(43)46)36-24-22-31-12-4-6-16-34(31)28-36/h1-30H. The van der Waals surface area contributed by atoms with Gasteiger partial charge in [0.15, 0.2) is 0 Å². The zero-order valence-electron chi connectivity index (χ0n) is 25.3. The van der Waals surface area contributed by atoms with E-state index in [-0.39, 0.29) is 0 Å². The van der Waals surface area contributed by atoms with Gasteiger partial charge in [-0.05, 0) is 106 Å². The molecule has 0 aliphatic rings. The van der Waals surface area contributed by atoms with Crippen LogP contribution in [-0.4, -0.2) is 0 Å². The lowest BCUT2D eigenvalue weighted by molar-refractivity contribution is 1.60. The molecule has 0 spiro atoms. The summed E-state index contributed by atoms with van der Waals surface area (Å²) in [5, 5.41) is 10.1. The van der Waals surface area contributed by atoms with Gasteiger partial charge in [0, 0.05) is 0 Å². The van der Waals surface area contributed by atoms with Gasteiger partial charge in [-0.25, -0.2) is 0 Å². The molecule has 0 heterocycles. The summed E-state index contributed by atoms with van der Waals surface area (Å²) in [6.07, 6.45) is 0. The molecule has 0 amide bonds. The maximum absolute atomic E-state index is 2.42. The monoisotopic (exact) mass is 582 g/mol. The molecule has 0 nitrogen and oxygen atoms in total. The molecule has 0 unspecified atom stereocenters. The van der Waals surface area contributed by atoms with Crippen molar-refractivity contribution in [1.82, 2.24) is 0 Å². The lowest BCUT2D eigenvalue weighted by atomic mass is 9.82. The van der Waals surface area contributed by atoms with Crippen LogP contribution in [0.25, 0.3) is 87.6 Å². The first-order valence-electron chi connectivity index (χ1n) is 15.9. The minimum Gasteiger partial charge on any atom is -0.0622 e. The summed E-state index contributed by atoms with van der Waals surface area (Å²) in [6.45, 7) is 0. The zero-order chi connectivity index (χ0) is 30.5. The molecule has 0 saturated heterocycles. The van der Waals surface area contributed by atoms with Crippen molar-refractivity contribution in [2.45, 2.75) is 0 Å². The molecule has 214 valence electrons. The molecule has 0 fully saturated rings. The highest BCUT2D eigenvalue weighted by Gasteiger charge is 2.20. The van der Waals surface area contributed by atoms with E-state index in [1.807, 2.05) is 0 Å². The summed E-state index contributed by atoms with van der Waals surface area (Å²) in [5.74, 6) is 0. The minimum absolute atomic E-state index is 1.22. The molecule has 0 bridgehead atoms. The first-order valence-corrected chi connectivity index (χ1v) is 15.9. The van der Waals surface area contributed by atoms with Gasteiger partial charge in [-0.3, -0.25) is 0 Å². The average Bonchev–Trinajstić information content (AvgIpc) is 3.13. The Kier molecular flexibility index (Phi) is 6.25. The molecule has 0 atom stereocenters. The third-order valence-corrected chi connectivity index (χ3v) is 9.43. The summed E-state index contributed by atoms with van der Waals surface area (Å²) in [4.78, 5) is 0. The van der Waals surface area contributed by atoms with Gasteiger partial charge in [0.05, 0.1) is 0 Å². The quantitative estimate of drug-likeness (QED) is 0.181. The Bertz CT molecular complexity index is 2570. The fraction of sp³-hybridized carbons (Fsp3) is 0. The molecular weight excluding hydrogens is 553 g/mol. The Balaban J connectivity index is 1.40. The Labute approximate surface area is 268 Å². The maximum Gasteiger partial charge on any atom is -0.00199 e. The van der Waals surface area contributed by atoms with Crippen molar-refractivity contribution in [3.8, 4) is 44.5 Å². The second kappa shape index (κ2) is 10.9. The zero-order valence-corrected chi connectivity index (χ0v) is 25.3. The normalized spacial score (nSPS) is 11.5. The van der Waals surface area contributed by atoms with E-state index >= 15 is 0 Å². The SMILES string of the molecule is c1ccc(-c2ccccc2-c2c3ccccc3c(-c3ccc4ccccc4c3)c3ccc(-c4ccc5ccccc5c4)cc23)cc1. The number of hydrogen-bond donors (Lipinski definition) is 0. The van der Waals surface area contributed by atoms with E-state index in [9.17, 15) is 0 Å². The van der Waals surface area contributed by atoms with Crippen LogP contribution < -0.4 is 0 Å². The first kappa shape index (κ1) is 26.4. The van der Waals surface area contributed by atoms with E-state index in [2.05, 4.69) is 182 Å². The van der Waals surface area contributed by atoms with Crippen LogP contribution in [0.5, 0.6) is 0 Å². The summed E-state index contributed by atoms with van der Waals surface area (Å²) in [5.41, 5.74) is 9.94. The number of rotatable bonds is 4. The fourth-order valence-electron chi connectivity index (χ4n) is 7.24. The molecule has 0 aliphatic heterocycles. The van der Waals surface area contributed by atoms with Crippen molar-refractivity contribution in [3.05, 3.63) is 182 Å². The Hall–Kier alpha value is -5.98. The highest BCUT2D eigenvalue weighted by molar-refractivity contribution is 6.23. The van der Waals surface area contributed by atoms with Crippen LogP contribution in [0.3, 0.4) is 0 Å². The summed E-state index contributed by atoms with van der Waals surface area (Å²) in [6, 6.07) is 66.7. The van der Waals surface area contributed by atoms with Gasteiger partial charge in [-0.2, -0.15) is 0 Å². The van der Waals surface area contributed by atoms with Crippen LogP contribution in [-0.2, 0) is 0 Å². The molecule has 9 rings (SSSR count). The molecule has 0 saturated carbocycles. The maximum atomic E-state index is 2.42. The predicted molar refractivity (Wildman–Crippen MR) is 198 cm³/mol. The molecule has 0 aliphatic carbocycles. The summed E-state index contributed by atoms with van der Waals surface area (Å²) >= 11 is 0. The third-order valence-electron chi connectivity index (χ3n) is 9.43. The smallest absolute Gasteiger partial charge is 0.00199 e.